The van der Waals surface area contributed by atoms with Gasteiger partial charge in [0.05, 0.1) is 12.7 Å². The number of nitrogens with one attached hydrogen (secondary N) is 1. The summed E-state index contributed by atoms with van der Waals surface area (Å²) in [6.45, 7) is -0.184. The molecule has 1 amide bonds. The van der Waals surface area contributed by atoms with Gasteiger partial charge in [-0.1, -0.05) is 0 Å². The van der Waals surface area contributed by atoms with E-state index in [1.165, 1.54) is 6.07 Å². The van der Waals surface area contributed by atoms with Crippen LogP contribution in [0.5, 0.6) is 0 Å². The number of nitrogens with zero attached hydrogens (tertiary/aromatic N) is 1. The first-order valence-electron chi connectivity index (χ1n) is 8.43. The Morgan fingerprint density at radius 3 is 2.64 bits per heavy atom. The quantitative estimate of drug-likeness (QED) is 0.880. The zero-order valence-corrected chi connectivity index (χ0v) is 13.8. The maximum absolute atomic E-state index is 12.3. The average Bonchev–Trinajstić information content (AvgIpc) is 2.57. The van der Waals surface area contributed by atoms with Gasteiger partial charge in [0.25, 0.3) is 11.5 Å². The molecule has 1 saturated carbocycles. The lowest BCUT2D eigenvalue weighted by Gasteiger charge is -2.46. The highest BCUT2D eigenvalue weighted by Gasteiger charge is 2.40. The Hall–Kier alpha value is -1.83. The van der Waals surface area contributed by atoms with E-state index in [4.69, 9.17) is 4.74 Å². The first-order chi connectivity index (χ1) is 11.8. The number of hydrogen-bond donors (Lipinski definition) is 1. The van der Waals surface area contributed by atoms with Crippen LogP contribution in [-0.4, -0.2) is 35.9 Å². The number of fused-ring (bicyclic) bond motifs is 3. The molecule has 0 spiro atoms. The highest BCUT2D eigenvalue weighted by atomic mass is 19.4. The predicted molar refractivity (Wildman–Crippen MR) is 84.3 cm³/mol. The number of amides is 1. The molecule has 1 N–H and O–H groups in total. The van der Waals surface area contributed by atoms with E-state index in [0.717, 1.165) is 51.0 Å². The number of carbonyl (C=O) groups is 1. The predicted octanol–water partition coefficient (Wildman–Crippen LogP) is 2.49. The summed E-state index contributed by atoms with van der Waals surface area (Å²) in [6, 6.07) is 2.17. The maximum atomic E-state index is 12.3. The highest BCUT2D eigenvalue weighted by molar-refractivity contribution is 5.93. The number of pyridine rings is 1. The zero-order valence-electron chi connectivity index (χ0n) is 13.8. The van der Waals surface area contributed by atoms with E-state index in [9.17, 15) is 22.8 Å². The summed E-state index contributed by atoms with van der Waals surface area (Å²) in [6.07, 6.45) is 2.03. The Balaban J connectivity index is 1.54. The van der Waals surface area contributed by atoms with Crippen LogP contribution in [0.3, 0.4) is 0 Å². The van der Waals surface area contributed by atoms with Crippen LogP contribution in [-0.2, 0) is 11.3 Å². The fourth-order valence-corrected chi connectivity index (χ4v) is 3.65. The van der Waals surface area contributed by atoms with Gasteiger partial charge in [-0.2, -0.15) is 13.2 Å². The van der Waals surface area contributed by atoms with Crippen LogP contribution >= 0.6 is 0 Å². The minimum absolute atomic E-state index is 0.0736. The molecular weight excluding hydrogens is 337 g/mol. The van der Waals surface area contributed by atoms with Crippen molar-refractivity contribution in [1.29, 1.82) is 0 Å². The van der Waals surface area contributed by atoms with Gasteiger partial charge in [0.1, 0.15) is 6.54 Å². The summed E-state index contributed by atoms with van der Waals surface area (Å²) in [5.74, 6) is -0.446. The van der Waals surface area contributed by atoms with Crippen LogP contribution in [0.2, 0.25) is 0 Å². The average molecular weight is 358 g/mol. The number of carbonyl (C=O) groups excluding carboxylic acids is 1. The van der Waals surface area contributed by atoms with Crippen LogP contribution in [0.4, 0.5) is 13.2 Å². The Morgan fingerprint density at radius 1 is 1.36 bits per heavy atom. The molecule has 25 heavy (non-hydrogen) atoms. The van der Waals surface area contributed by atoms with Gasteiger partial charge in [-0.3, -0.25) is 9.59 Å². The normalized spacial score (nSPS) is 25.8. The summed E-state index contributed by atoms with van der Waals surface area (Å²) < 4.78 is 43.3. The lowest BCUT2D eigenvalue weighted by Crippen LogP contribution is -2.44. The SMILES string of the molecule is O=C(NCCC12CCC(CC1)OC2)c1ccn(CC(F)(F)F)c(=O)c1. The third kappa shape index (κ3) is 4.42. The molecule has 5 nitrogen and oxygen atoms in total. The third-order valence-electron chi connectivity index (χ3n) is 5.17. The number of aromatic nitrogens is 1. The number of alkyl halides is 3. The molecule has 3 heterocycles. The van der Waals surface area contributed by atoms with Crippen molar-refractivity contribution in [1.82, 2.24) is 9.88 Å². The second kappa shape index (κ2) is 6.82. The summed E-state index contributed by atoms with van der Waals surface area (Å²) in [7, 11) is 0. The smallest absolute Gasteiger partial charge is 0.378 e. The minimum atomic E-state index is -4.48. The second-order valence-electron chi connectivity index (χ2n) is 7.01. The van der Waals surface area contributed by atoms with Crippen molar-refractivity contribution < 1.29 is 22.7 Å². The number of ether oxygens (including phenoxy) is 1. The van der Waals surface area contributed by atoms with Gasteiger partial charge < -0.3 is 14.6 Å². The molecule has 1 aliphatic carbocycles. The summed E-state index contributed by atoms with van der Waals surface area (Å²) in [4.78, 5) is 23.8. The molecule has 3 aliphatic rings. The number of hydrogen-bond acceptors (Lipinski definition) is 3. The molecule has 138 valence electrons. The molecule has 8 heteroatoms. The van der Waals surface area contributed by atoms with E-state index < -0.39 is 24.2 Å². The van der Waals surface area contributed by atoms with Crippen molar-refractivity contribution >= 4 is 5.91 Å². The first kappa shape index (κ1) is 18.0. The van der Waals surface area contributed by atoms with E-state index in [1.54, 1.807) is 0 Å². The fraction of sp³-hybridized carbons (Fsp3) is 0.647. The Labute approximate surface area is 143 Å². The minimum Gasteiger partial charge on any atom is -0.378 e. The van der Waals surface area contributed by atoms with Crippen LogP contribution in [0.25, 0.3) is 0 Å². The molecular formula is C17H21F3N2O3. The standard InChI is InChI=1S/C17H21F3N2O3/c18-17(19,20)10-22-8-3-12(9-14(22)23)15(24)21-7-6-16-4-1-13(2-5-16)25-11-16/h3,8-9,13H,1-2,4-7,10-11H2,(H,21,24). The van der Waals surface area contributed by atoms with E-state index in [1.807, 2.05) is 0 Å². The van der Waals surface area contributed by atoms with Gasteiger partial charge in [0, 0.05) is 24.4 Å². The van der Waals surface area contributed by atoms with Crippen LogP contribution in [0.1, 0.15) is 42.5 Å². The molecule has 2 saturated heterocycles. The van der Waals surface area contributed by atoms with E-state index in [0.29, 0.717) is 17.2 Å². The molecule has 0 radical (unpaired) electrons. The van der Waals surface area contributed by atoms with Crippen molar-refractivity contribution in [2.45, 2.75) is 50.9 Å². The number of halogens is 3. The van der Waals surface area contributed by atoms with Crippen molar-refractivity contribution in [3.63, 3.8) is 0 Å². The molecule has 2 aliphatic heterocycles. The van der Waals surface area contributed by atoms with Gasteiger partial charge in [0.15, 0.2) is 0 Å². The van der Waals surface area contributed by atoms with Crippen molar-refractivity contribution in [3.05, 3.63) is 34.2 Å². The van der Waals surface area contributed by atoms with Gasteiger partial charge in [-0.15, -0.1) is 0 Å². The lowest BCUT2D eigenvalue weighted by atomic mass is 9.69. The Morgan fingerprint density at radius 2 is 2.08 bits per heavy atom. The van der Waals surface area contributed by atoms with E-state index in [2.05, 4.69) is 5.32 Å². The largest absolute Gasteiger partial charge is 0.406 e. The second-order valence-corrected chi connectivity index (χ2v) is 7.01. The summed E-state index contributed by atoms with van der Waals surface area (Å²) in [5, 5.41) is 2.75. The van der Waals surface area contributed by atoms with Crippen molar-refractivity contribution in [3.8, 4) is 0 Å². The summed E-state index contributed by atoms with van der Waals surface area (Å²) in [5.41, 5.74) is -0.648. The molecule has 3 fully saturated rings. The number of rotatable bonds is 5. The monoisotopic (exact) mass is 358 g/mol. The lowest BCUT2D eigenvalue weighted by molar-refractivity contribution is -0.141. The van der Waals surface area contributed by atoms with E-state index in [-0.39, 0.29) is 11.0 Å². The Bertz CT molecular complexity index is 677. The van der Waals surface area contributed by atoms with Gasteiger partial charge in [-0.05, 0) is 43.6 Å². The molecule has 4 rings (SSSR count). The zero-order chi connectivity index (χ0) is 18.1. The van der Waals surface area contributed by atoms with Gasteiger partial charge in [-0.25, -0.2) is 0 Å². The topological polar surface area (TPSA) is 60.3 Å². The molecule has 2 bridgehead atoms. The Kier molecular flexibility index (Phi) is 4.90. The van der Waals surface area contributed by atoms with Crippen LogP contribution in [0, 0.1) is 5.41 Å². The maximum Gasteiger partial charge on any atom is 0.406 e. The van der Waals surface area contributed by atoms with Gasteiger partial charge >= 0.3 is 6.18 Å². The molecule has 0 atom stereocenters. The van der Waals surface area contributed by atoms with Gasteiger partial charge in [0.2, 0.25) is 0 Å². The highest BCUT2D eigenvalue weighted by Crippen LogP contribution is 2.45. The molecule has 1 aromatic heterocycles. The summed E-state index contributed by atoms with van der Waals surface area (Å²) >= 11 is 0. The fourth-order valence-electron chi connectivity index (χ4n) is 3.65. The van der Waals surface area contributed by atoms with Crippen molar-refractivity contribution in [2.24, 2.45) is 5.41 Å². The van der Waals surface area contributed by atoms with E-state index >= 15 is 0 Å². The first-order valence-corrected chi connectivity index (χ1v) is 8.43. The van der Waals surface area contributed by atoms with Crippen LogP contribution < -0.4 is 10.9 Å². The van der Waals surface area contributed by atoms with Crippen LogP contribution in [0.15, 0.2) is 23.1 Å². The third-order valence-corrected chi connectivity index (χ3v) is 5.17. The molecule has 1 aromatic rings. The molecule has 0 aromatic carbocycles. The van der Waals surface area contributed by atoms with Crippen molar-refractivity contribution in [2.75, 3.05) is 13.2 Å². The molecule has 0 unspecified atom stereocenters.